The van der Waals surface area contributed by atoms with E-state index in [1.54, 1.807) is 20.8 Å². The Balaban J connectivity index is 4.49. The minimum atomic E-state index is -0.764. The molecular formula is C10H17N3O2. The predicted molar refractivity (Wildman–Crippen MR) is 55.4 cm³/mol. The lowest BCUT2D eigenvalue weighted by Gasteiger charge is -2.21. The van der Waals surface area contributed by atoms with E-state index >= 15 is 0 Å². The molecule has 0 aromatic rings. The van der Waals surface area contributed by atoms with Gasteiger partial charge in [0.25, 0.3) is 0 Å². The highest BCUT2D eigenvalue weighted by atomic mass is 16.2. The van der Waals surface area contributed by atoms with Gasteiger partial charge in [-0.2, -0.15) is 5.26 Å². The van der Waals surface area contributed by atoms with Gasteiger partial charge in [0.2, 0.25) is 11.8 Å². The van der Waals surface area contributed by atoms with Crippen molar-refractivity contribution in [3.05, 3.63) is 0 Å². The van der Waals surface area contributed by atoms with Crippen LogP contribution in [-0.2, 0) is 9.59 Å². The van der Waals surface area contributed by atoms with E-state index in [4.69, 9.17) is 11.0 Å². The summed E-state index contributed by atoms with van der Waals surface area (Å²) in [5.41, 5.74) is 5.15. The first-order chi connectivity index (χ1) is 6.90. The molecule has 0 bridgehead atoms. The Labute approximate surface area is 89.6 Å². The van der Waals surface area contributed by atoms with Gasteiger partial charge < -0.3 is 11.1 Å². The van der Waals surface area contributed by atoms with Crippen LogP contribution >= 0.6 is 0 Å². The van der Waals surface area contributed by atoms with Crippen molar-refractivity contribution in [3.8, 4) is 6.07 Å². The van der Waals surface area contributed by atoms with Crippen molar-refractivity contribution in [1.29, 1.82) is 5.26 Å². The average molecular weight is 211 g/mol. The summed E-state index contributed by atoms with van der Waals surface area (Å²) in [6.07, 6.45) is 0.186. The number of hydrogen-bond donors (Lipinski definition) is 2. The summed E-state index contributed by atoms with van der Waals surface area (Å²) in [5.74, 6) is -1.31. The molecule has 0 saturated carbocycles. The maximum Gasteiger partial charge on any atom is 0.240 e. The van der Waals surface area contributed by atoms with Gasteiger partial charge in [0, 0.05) is 12.3 Å². The van der Waals surface area contributed by atoms with Crippen LogP contribution < -0.4 is 11.1 Å². The molecule has 0 saturated heterocycles. The van der Waals surface area contributed by atoms with E-state index in [0.29, 0.717) is 0 Å². The van der Waals surface area contributed by atoms with E-state index in [1.807, 2.05) is 6.07 Å². The topological polar surface area (TPSA) is 96.0 Å². The monoisotopic (exact) mass is 211 g/mol. The number of carbonyl (C=O) groups excluding carboxylic acids is 2. The zero-order valence-corrected chi connectivity index (χ0v) is 9.28. The molecule has 0 aliphatic heterocycles. The Morgan fingerprint density at radius 1 is 1.40 bits per heavy atom. The fourth-order valence-electron chi connectivity index (χ4n) is 1.08. The first kappa shape index (κ1) is 13.4. The van der Waals surface area contributed by atoms with Gasteiger partial charge in [-0.25, -0.2) is 0 Å². The number of nitrogens with zero attached hydrogens (tertiary/aromatic N) is 1. The summed E-state index contributed by atoms with van der Waals surface area (Å²) in [5, 5.41) is 11.0. The second kappa shape index (κ2) is 6.02. The maximum atomic E-state index is 11.4. The Bertz CT molecular complexity index is 281. The lowest BCUT2D eigenvalue weighted by molar-refractivity contribution is -0.130. The second-order valence-electron chi connectivity index (χ2n) is 3.88. The fraction of sp³-hybridized carbons (Fsp3) is 0.700. The second-order valence-corrected chi connectivity index (χ2v) is 3.88. The van der Waals surface area contributed by atoms with Crippen LogP contribution in [-0.4, -0.2) is 17.9 Å². The van der Waals surface area contributed by atoms with Crippen LogP contribution in [0.25, 0.3) is 0 Å². The summed E-state index contributed by atoms with van der Waals surface area (Å²) in [6.45, 7) is 5.16. The zero-order valence-electron chi connectivity index (χ0n) is 9.28. The molecule has 0 aromatic heterocycles. The number of rotatable bonds is 5. The molecule has 15 heavy (non-hydrogen) atoms. The molecule has 0 radical (unpaired) electrons. The molecule has 5 nitrogen and oxygen atoms in total. The molecule has 2 atom stereocenters. The molecule has 0 fully saturated rings. The van der Waals surface area contributed by atoms with Gasteiger partial charge in [-0.15, -0.1) is 0 Å². The number of nitriles is 1. The third-order valence-corrected chi connectivity index (χ3v) is 2.11. The van der Waals surface area contributed by atoms with Crippen LogP contribution in [0, 0.1) is 23.2 Å². The van der Waals surface area contributed by atoms with Gasteiger partial charge in [0.05, 0.1) is 6.07 Å². The lowest BCUT2D eigenvalue weighted by Crippen LogP contribution is -2.49. The highest BCUT2D eigenvalue weighted by molar-refractivity contribution is 5.87. The molecule has 0 rings (SSSR count). The van der Waals surface area contributed by atoms with E-state index < -0.39 is 11.9 Å². The standard InChI is InChI=1S/C10H17N3O2/c1-6(2)10(15)13-8(9(12)14)7(3)4-5-11/h6-8H,4H2,1-3H3,(H2,12,14)(H,13,15)/t7-,8-/m1/s1. The first-order valence-electron chi connectivity index (χ1n) is 4.86. The van der Waals surface area contributed by atoms with Crippen molar-refractivity contribution in [1.82, 2.24) is 5.32 Å². The number of nitrogens with one attached hydrogen (secondary N) is 1. The highest BCUT2D eigenvalue weighted by Crippen LogP contribution is 2.08. The zero-order chi connectivity index (χ0) is 12.0. The quantitative estimate of drug-likeness (QED) is 0.678. The third kappa shape index (κ3) is 4.45. The van der Waals surface area contributed by atoms with E-state index in [9.17, 15) is 9.59 Å². The van der Waals surface area contributed by atoms with Crippen LogP contribution in [0.1, 0.15) is 27.2 Å². The Morgan fingerprint density at radius 2 is 1.93 bits per heavy atom. The molecule has 2 amide bonds. The average Bonchev–Trinajstić information content (AvgIpc) is 2.13. The molecule has 5 heteroatoms. The van der Waals surface area contributed by atoms with E-state index in [-0.39, 0.29) is 24.2 Å². The molecule has 0 heterocycles. The van der Waals surface area contributed by atoms with Crippen LogP contribution in [0.5, 0.6) is 0 Å². The Morgan fingerprint density at radius 3 is 2.27 bits per heavy atom. The molecule has 0 aliphatic rings. The first-order valence-corrected chi connectivity index (χ1v) is 4.86. The lowest BCUT2D eigenvalue weighted by atomic mass is 9.97. The van der Waals surface area contributed by atoms with Gasteiger partial charge in [0.15, 0.2) is 0 Å². The Hall–Kier alpha value is -1.57. The van der Waals surface area contributed by atoms with Gasteiger partial charge in [0.1, 0.15) is 6.04 Å². The van der Waals surface area contributed by atoms with Crippen LogP contribution in [0.2, 0.25) is 0 Å². The molecule has 0 aromatic carbocycles. The van der Waals surface area contributed by atoms with E-state index in [2.05, 4.69) is 5.32 Å². The van der Waals surface area contributed by atoms with Crippen molar-refractivity contribution < 1.29 is 9.59 Å². The van der Waals surface area contributed by atoms with Crippen LogP contribution in [0.15, 0.2) is 0 Å². The summed E-state index contributed by atoms with van der Waals surface area (Å²) in [6, 6.07) is 1.18. The Kier molecular flexibility index (Phi) is 5.39. The van der Waals surface area contributed by atoms with Crippen molar-refractivity contribution in [3.63, 3.8) is 0 Å². The molecule has 0 spiro atoms. The molecule has 0 unspecified atom stereocenters. The number of carbonyl (C=O) groups is 2. The summed E-state index contributed by atoms with van der Waals surface area (Å²) in [4.78, 5) is 22.4. The summed E-state index contributed by atoms with van der Waals surface area (Å²) in [7, 11) is 0. The highest BCUT2D eigenvalue weighted by Gasteiger charge is 2.25. The number of nitrogens with two attached hydrogens (primary N) is 1. The van der Waals surface area contributed by atoms with Gasteiger partial charge in [-0.05, 0) is 5.92 Å². The smallest absolute Gasteiger partial charge is 0.240 e. The minimum Gasteiger partial charge on any atom is -0.368 e. The van der Waals surface area contributed by atoms with Crippen molar-refractivity contribution in [2.45, 2.75) is 33.2 Å². The normalized spacial score (nSPS) is 14.1. The van der Waals surface area contributed by atoms with Crippen LogP contribution in [0.3, 0.4) is 0 Å². The fourth-order valence-corrected chi connectivity index (χ4v) is 1.08. The van der Waals surface area contributed by atoms with E-state index in [1.165, 1.54) is 0 Å². The van der Waals surface area contributed by atoms with Gasteiger partial charge >= 0.3 is 0 Å². The molecule has 0 aliphatic carbocycles. The molecule has 3 N–H and O–H groups in total. The van der Waals surface area contributed by atoms with Crippen molar-refractivity contribution in [2.75, 3.05) is 0 Å². The predicted octanol–water partition coefficient (Wildman–Crippen LogP) is 0.162. The molecular weight excluding hydrogens is 194 g/mol. The van der Waals surface area contributed by atoms with E-state index in [0.717, 1.165) is 0 Å². The van der Waals surface area contributed by atoms with Crippen molar-refractivity contribution in [2.24, 2.45) is 17.6 Å². The summed E-state index contributed by atoms with van der Waals surface area (Å²) >= 11 is 0. The number of amides is 2. The number of hydrogen-bond acceptors (Lipinski definition) is 3. The SMILES string of the molecule is CC(C)C(=O)N[C@@H](C(N)=O)[C@H](C)CC#N. The minimum absolute atomic E-state index is 0.186. The maximum absolute atomic E-state index is 11.4. The number of primary amides is 1. The van der Waals surface area contributed by atoms with Gasteiger partial charge in [-0.3, -0.25) is 9.59 Å². The van der Waals surface area contributed by atoms with Crippen molar-refractivity contribution >= 4 is 11.8 Å². The molecule has 84 valence electrons. The summed E-state index contributed by atoms with van der Waals surface area (Å²) < 4.78 is 0. The third-order valence-electron chi connectivity index (χ3n) is 2.11. The largest absolute Gasteiger partial charge is 0.368 e. The van der Waals surface area contributed by atoms with Crippen LogP contribution in [0.4, 0.5) is 0 Å². The van der Waals surface area contributed by atoms with Gasteiger partial charge in [-0.1, -0.05) is 20.8 Å².